The van der Waals surface area contributed by atoms with Crippen molar-refractivity contribution >= 4 is 17.8 Å². The van der Waals surface area contributed by atoms with Crippen LogP contribution in [-0.2, 0) is 9.59 Å². The van der Waals surface area contributed by atoms with Crippen molar-refractivity contribution in [3.05, 3.63) is 23.5 Å². The Kier molecular flexibility index (Phi) is 8.03. The lowest BCUT2D eigenvalue weighted by Crippen LogP contribution is -2.59. The van der Waals surface area contributed by atoms with Crippen LogP contribution in [0.1, 0.15) is 76.1 Å². The first-order valence-corrected chi connectivity index (χ1v) is 13.5. The van der Waals surface area contributed by atoms with E-state index in [-0.39, 0.29) is 28.9 Å². The summed E-state index contributed by atoms with van der Waals surface area (Å²) in [7, 11) is 1.27. The van der Waals surface area contributed by atoms with Crippen molar-refractivity contribution in [1.82, 2.24) is 10.6 Å². The van der Waals surface area contributed by atoms with E-state index in [1.807, 2.05) is 0 Å². The fourth-order valence-corrected chi connectivity index (χ4v) is 6.28. The highest BCUT2D eigenvalue weighted by molar-refractivity contribution is 5.98. The van der Waals surface area contributed by atoms with E-state index < -0.39 is 58.8 Å². The van der Waals surface area contributed by atoms with E-state index in [4.69, 9.17) is 9.47 Å². The minimum atomic E-state index is -4.65. The lowest BCUT2D eigenvalue weighted by Gasteiger charge is -2.35. The number of halogens is 4. The Hall–Kier alpha value is -3.05. The second kappa shape index (κ2) is 10.7. The van der Waals surface area contributed by atoms with Gasteiger partial charge in [-0.3, -0.25) is 14.4 Å². The lowest BCUT2D eigenvalue weighted by atomic mass is 9.75. The Labute approximate surface area is 230 Å². The number of hydrogen-bond donors (Lipinski definition) is 3. The number of amides is 2. The molecule has 0 spiro atoms. The van der Waals surface area contributed by atoms with Gasteiger partial charge in [-0.2, -0.15) is 13.2 Å². The molecule has 4 atom stereocenters. The van der Waals surface area contributed by atoms with Crippen LogP contribution in [0, 0.1) is 29.0 Å². The molecule has 4 rings (SSSR count). The number of carboxylic acid groups (broad SMARTS) is 1. The number of nitrogens with one attached hydrogen (secondary N) is 2. The van der Waals surface area contributed by atoms with Crippen molar-refractivity contribution in [2.45, 2.75) is 89.6 Å². The van der Waals surface area contributed by atoms with E-state index in [2.05, 4.69) is 10.6 Å². The number of carbonyl (C=O) groups is 3. The van der Waals surface area contributed by atoms with Crippen molar-refractivity contribution in [2.75, 3.05) is 7.11 Å². The normalized spacial score (nSPS) is 30.1. The number of hydrogen-bond acceptors (Lipinski definition) is 5. The molecule has 0 heterocycles. The summed E-state index contributed by atoms with van der Waals surface area (Å²) in [5.41, 5.74) is -3.35. The Morgan fingerprint density at radius 1 is 1.02 bits per heavy atom. The molecule has 2 bridgehead atoms. The van der Waals surface area contributed by atoms with Crippen LogP contribution in [0.5, 0.6) is 11.5 Å². The molecule has 1 aromatic rings. The van der Waals surface area contributed by atoms with Gasteiger partial charge in [0.2, 0.25) is 5.91 Å². The SMILES string of the molecule is COc1cc(F)c(O[C@H]2CC[C@@](C)(C(=O)O)CC2)cc1C(=O)N[C@@H]1[C@H]2CC[C@H](C2)[C@@H]1C(=O)NC(C)(C)C(F)(F)F. The summed E-state index contributed by atoms with van der Waals surface area (Å²) >= 11 is 0. The first-order valence-electron chi connectivity index (χ1n) is 13.5. The van der Waals surface area contributed by atoms with Crippen molar-refractivity contribution < 1.29 is 46.5 Å². The molecule has 40 heavy (non-hydrogen) atoms. The summed E-state index contributed by atoms with van der Waals surface area (Å²) in [4.78, 5) is 38.0. The number of benzene rings is 1. The Balaban J connectivity index is 1.51. The highest BCUT2D eigenvalue weighted by Gasteiger charge is 2.55. The van der Waals surface area contributed by atoms with Gasteiger partial charge < -0.3 is 25.2 Å². The third kappa shape index (κ3) is 5.72. The highest BCUT2D eigenvalue weighted by Crippen LogP contribution is 2.49. The molecule has 222 valence electrons. The van der Waals surface area contributed by atoms with Crippen LogP contribution in [0.3, 0.4) is 0 Å². The minimum absolute atomic E-state index is 0.0392. The summed E-state index contributed by atoms with van der Waals surface area (Å²) < 4.78 is 66.2. The average molecular weight is 573 g/mol. The summed E-state index contributed by atoms with van der Waals surface area (Å²) in [5.74, 6) is -4.40. The van der Waals surface area contributed by atoms with Gasteiger partial charge in [0.1, 0.15) is 11.3 Å². The molecule has 3 aliphatic carbocycles. The van der Waals surface area contributed by atoms with E-state index in [1.54, 1.807) is 6.92 Å². The molecule has 0 saturated heterocycles. The fourth-order valence-electron chi connectivity index (χ4n) is 6.28. The molecule has 0 aromatic heterocycles. The quantitative estimate of drug-likeness (QED) is 0.384. The molecule has 12 heteroatoms. The molecule has 8 nitrogen and oxygen atoms in total. The Morgan fingerprint density at radius 3 is 2.23 bits per heavy atom. The maximum atomic E-state index is 14.9. The molecule has 3 aliphatic rings. The molecule has 3 N–H and O–H groups in total. The van der Waals surface area contributed by atoms with E-state index in [0.29, 0.717) is 38.5 Å². The van der Waals surface area contributed by atoms with Gasteiger partial charge in [-0.25, -0.2) is 4.39 Å². The second-order valence-electron chi connectivity index (χ2n) is 12.1. The van der Waals surface area contributed by atoms with Crippen molar-refractivity contribution in [1.29, 1.82) is 0 Å². The number of aliphatic carboxylic acids is 1. The van der Waals surface area contributed by atoms with Gasteiger partial charge in [-0.15, -0.1) is 0 Å². The maximum absolute atomic E-state index is 14.9. The lowest BCUT2D eigenvalue weighted by molar-refractivity contribution is -0.189. The third-order valence-corrected chi connectivity index (χ3v) is 9.01. The number of carbonyl (C=O) groups excluding carboxylic acids is 2. The highest BCUT2D eigenvalue weighted by atomic mass is 19.4. The van der Waals surface area contributed by atoms with Crippen LogP contribution in [-0.4, -0.2) is 53.9 Å². The van der Waals surface area contributed by atoms with Crippen LogP contribution in [0.15, 0.2) is 12.1 Å². The van der Waals surface area contributed by atoms with Crippen molar-refractivity contribution in [2.24, 2.45) is 23.2 Å². The summed E-state index contributed by atoms with van der Waals surface area (Å²) in [6.07, 6.45) is -1.56. The number of rotatable bonds is 8. The predicted molar refractivity (Wildman–Crippen MR) is 135 cm³/mol. The van der Waals surface area contributed by atoms with Crippen LogP contribution >= 0.6 is 0 Å². The van der Waals surface area contributed by atoms with Gasteiger partial charge in [0, 0.05) is 12.1 Å². The van der Waals surface area contributed by atoms with E-state index in [1.165, 1.54) is 13.2 Å². The van der Waals surface area contributed by atoms with Crippen molar-refractivity contribution in [3.8, 4) is 11.5 Å². The molecular formula is C28H36F4N2O6. The monoisotopic (exact) mass is 572 g/mol. The first kappa shape index (κ1) is 29.9. The summed E-state index contributed by atoms with van der Waals surface area (Å²) in [6, 6.07) is 1.54. The Bertz CT molecular complexity index is 1160. The molecule has 0 radical (unpaired) electrons. The van der Waals surface area contributed by atoms with Crippen molar-refractivity contribution in [3.63, 3.8) is 0 Å². The van der Waals surface area contributed by atoms with Gasteiger partial charge in [-0.1, -0.05) is 0 Å². The zero-order chi connectivity index (χ0) is 29.6. The van der Waals surface area contributed by atoms with Crippen LogP contribution in [0.25, 0.3) is 0 Å². The maximum Gasteiger partial charge on any atom is 0.410 e. The number of alkyl halides is 3. The predicted octanol–water partition coefficient (Wildman–Crippen LogP) is 4.85. The smallest absolute Gasteiger partial charge is 0.410 e. The molecule has 2 amide bonds. The van der Waals surface area contributed by atoms with Crippen LogP contribution in [0.4, 0.5) is 17.6 Å². The molecule has 0 aliphatic heterocycles. The summed E-state index contributed by atoms with van der Waals surface area (Å²) in [5, 5.41) is 14.4. The van der Waals surface area contributed by atoms with E-state index >= 15 is 0 Å². The van der Waals surface area contributed by atoms with Gasteiger partial charge in [0.25, 0.3) is 5.91 Å². The van der Waals surface area contributed by atoms with Gasteiger partial charge in [0.05, 0.1) is 30.1 Å². The second-order valence-corrected chi connectivity index (χ2v) is 12.1. The Morgan fingerprint density at radius 2 is 1.65 bits per heavy atom. The largest absolute Gasteiger partial charge is 0.496 e. The third-order valence-electron chi connectivity index (χ3n) is 9.01. The van der Waals surface area contributed by atoms with Gasteiger partial charge in [0.15, 0.2) is 11.6 Å². The molecule has 3 saturated carbocycles. The van der Waals surface area contributed by atoms with Gasteiger partial charge >= 0.3 is 12.1 Å². The molecular weight excluding hydrogens is 536 g/mol. The number of methoxy groups -OCH3 is 1. The average Bonchev–Trinajstić information content (AvgIpc) is 3.47. The van der Waals surface area contributed by atoms with Crippen LogP contribution < -0.4 is 20.1 Å². The number of ether oxygens (including phenoxy) is 2. The zero-order valence-electron chi connectivity index (χ0n) is 23.0. The standard InChI is InChI=1S/C28H36F4N2O6/c1-26(2,28(30,31)32)34-24(36)21-14-5-6-15(11-14)22(21)33-23(35)17-12-20(18(29)13-19(17)39-4)40-16-7-9-27(3,10-8-16)25(37)38/h12-16,21-22H,5-11H2,1-4H3,(H,33,35)(H,34,36)(H,37,38)/t14-,15+,16-,21+,22-,27+/m1/s1. The molecule has 3 fully saturated rings. The van der Waals surface area contributed by atoms with Gasteiger partial charge in [-0.05, 0) is 83.6 Å². The first-order chi connectivity index (χ1) is 18.6. The fraction of sp³-hybridized carbons (Fsp3) is 0.679. The zero-order valence-corrected chi connectivity index (χ0v) is 23.0. The minimum Gasteiger partial charge on any atom is -0.496 e. The van der Waals surface area contributed by atoms with E-state index in [0.717, 1.165) is 26.3 Å². The van der Waals surface area contributed by atoms with E-state index in [9.17, 15) is 37.1 Å². The van der Waals surface area contributed by atoms with Crippen LogP contribution in [0.2, 0.25) is 0 Å². The topological polar surface area (TPSA) is 114 Å². The number of fused-ring (bicyclic) bond motifs is 2. The molecule has 1 aromatic carbocycles. The number of carboxylic acids is 1. The summed E-state index contributed by atoms with van der Waals surface area (Å²) in [6.45, 7) is 3.45. The molecule has 0 unspecified atom stereocenters.